The van der Waals surface area contributed by atoms with Crippen molar-refractivity contribution in [2.45, 2.75) is 46.5 Å². The molecule has 0 amide bonds. The number of rotatable bonds is 9. The summed E-state index contributed by atoms with van der Waals surface area (Å²) >= 11 is 0. The number of imidazole rings is 1. The van der Waals surface area contributed by atoms with Crippen molar-refractivity contribution in [2.24, 2.45) is 7.05 Å². The molecule has 10 aromatic carbocycles. The number of benzene rings is 10. The Bertz CT molecular complexity index is 3880. The molecule has 0 atom stereocenters. The molecule has 12 aromatic rings. The second-order valence-corrected chi connectivity index (χ2v) is 19.6. The van der Waals surface area contributed by atoms with Gasteiger partial charge in [0.05, 0.1) is 7.05 Å². The van der Waals surface area contributed by atoms with E-state index in [9.17, 15) is 0 Å². The van der Waals surface area contributed by atoms with Crippen LogP contribution in [0.5, 0.6) is 0 Å². The molecule has 0 N–H and O–H groups in total. The lowest BCUT2D eigenvalue weighted by molar-refractivity contribution is -0.633. The number of para-hydroxylation sites is 2. The molecule has 0 radical (unpaired) electrons. The molecular formula is C67H55N2O+. The summed E-state index contributed by atoms with van der Waals surface area (Å²) in [4.78, 5) is 0. The molecule has 338 valence electrons. The second-order valence-electron chi connectivity index (χ2n) is 19.6. The Hall–Kier alpha value is -8.27. The van der Waals surface area contributed by atoms with Gasteiger partial charge in [-0.2, -0.15) is 4.57 Å². The zero-order chi connectivity index (χ0) is 47.6. The lowest BCUT2D eigenvalue weighted by atomic mass is 9.87. The van der Waals surface area contributed by atoms with Gasteiger partial charge in [-0.25, -0.2) is 4.57 Å². The van der Waals surface area contributed by atoms with Crippen LogP contribution < -0.4 is 4.57 Å². The molecule has 0 aliphatic carbocycles. The summed E-state index contributed by atoms with van der Waals surface area (Å²) in [5, 5.41) is 4.59. The second kappa shape index (κ2) is 17.4. The van der Waals surface area contributed by atoms with E-state index in [1.165, 1.54) is 94.4 Å². The molecule has 70 heavy (non-hydrogen) atoms. The van der Waals surface area contributed by atoms with Crippen LogP contribution in [0, 0.1) is 6.92 Å². The Kier molecular flexibility index (Phi) is 10.7. The van der Waals surface area contributed by atoms with Crippen LogP contribution in [0.15, 0.2) is 217 Å². The molecule has 0 spiro atoms. The molecule has 3 nitrogen and oxygen atoms in total. The molecule has 2 aromatic heterocycles. The van der Waals surface area contributed by atoms with Crippen molar-refractivity contribution in [3.05, 3.63) is 229 Å². The maximum absolute atomic E-state index is 7.08. The predicted octanol–water partition coefficient (Wildman–Crippen LogP) is 18.1. The molecule has 0 bridgehead atoms. The summed E-state index contributed by atoms with van der Waals surface area (Å²) in [6.45, 7) is 11.6. The first-order valence-corrected chi connectivity index (χ1v) is 24.7. The van der Waals surface area contributed by atoms with Gasteiger partial charge in [0.2, 0.25) is 0 Å². The van der Waals surface area contributed by atoms with Gasteiger partial charge in [-0.05, 0) is 116 Å². The molecule has 0 aliphatic heterocycles. The average molecular weight is 904 g/mol. The third-order valence-corrected chi connectivity index (χ3v) is 14.6. The van der Waals surface area contributed by atoms with Crippen molar-refractivity contribution in [1.82, 2.24) is 4.57 Å². The lowest BCUT2D eigenvalue weighted by Crippen LogP contribution is -2.30. The van der Waals surface area contributed by atoms with Crippen LogP contribution in [0.2, 0.25) is 0 Å². The predicted molar refractivity (Wildman–Crippen MR) is 295 cm³/mol. The minimum Gasteiger partial charge on any atom is -0.454 e. The Morgan fingerprint density at radius 3 is 1.36 bits per heavy atom. The first-order chi connectivity index (χ1) is 34.2. The molecule has 0 saturated heterocycles. The van der Waals surface area contributed by atoms with Gasteiger partial charge in [0, 0.05) is 27.3 Å². The van der Waals surface area contributed by atoms with Crippen molar-refractivity contribution in [3.8, 4) is 72.7 Å². The number of hydrogen-bond acceptors (Lipinski definition) is 1. The van der Waals surface area contributed by atoms with Gasteiger partial charge < -0.3 is 4.42 Å². The first kappa shape index (κ1) is 43.0. The quantitative estimate of drug-likeness (QED) is 0.132. The van der Waals surface area contributed by atoms with E-state index in [1.54, 1.807) is 0 Å². The van der Waals surface area contributed by atoms with E-state index in [-0.39, 0.29) is 11.8 Å². The van der Waals surface area contributed by atoms with E-state index in [0.29, 0.717) is 0 Å². The number of furan rings is 1. The van der Waals surface area contributed by atoms with E-state index in [1.807, 2.05) is 0 Å². The third-order valence-electron chi connectivity index (χ3n) is 14.6. The van der Waals surface area contributed by atoms with Gasteiger partial charge in [-0.1, -0.05) is 210 Å². The van der Waals surface area contributed by atoms with Crippen molar-refractivity contribution in [2.75, 3.05) is 0 Å². The fourth-order valence-corrected chi connectivity index (χ4v) is 10.8. The fraction of sp³-hybridized carbons (Fsp3) is 0.119. The molecule has 12 rings (SSSR count). The summed E-state index contributed by atoms with van der Waals surface area (Å²) in [7, 11) is 2.21. The Morgan fingerprint density at radius 2 is 0.829 bits per heavy atom. The van der Waals surface area contributed by atoms with Gasteiger partial charge in [-0.3, -0.25) is 0 Å². The largest absolute Gasteiger partial charge is 0.454 e. The summed E-state index contributed by atoms with van der Waals surface area (Å²) in [6, 6.07) is 77.6. The molecule has 2 heterocycles. The molecular weight excluding hydrogens is 849 g/mol. The van der Waals surface area contributed by atoms with E-state index in [2.05, 4.69) is 263 Å². The topological polar surface area (TPSA) is 21.9 Å². The van der Waals surface area contributed by atoms with Gasteiger partial charge in [-0.15, -0.1) is 0 Å². The Labute approximate surface area is 410 Å². The molecule has 0 fully saturated rings. The maximum atomic E-state index is 7.08. The highest BCUT2D eigenvalue weighted by atomic mass is 16.3. The Morgan fingerprint density at radius 1 is 0.400 bits per heavy atom. The van der Waals surface area contributed by atoms with Crippen molar-refractivity contribution in [3.63, 3.8) is 0 Å². The third kappa shape index (κ3) is 7.32. The smallest absolute Gasteiger partial charge is 0.299 e. The average Bonchev–Trinajstić information content (AvgIpc) is 3.93. The standard InChI is InChI=1S/C67H55N2O/c1-42(2)59-40-55(53-35-33-52(34-36-53)51-31-29-50(30-32-51)49-27-25-48(26-28-49)47-23-21-46(22-24-47)45-14-8-7-9-15-45)41-60(43(3)4)64(59)69-62-19-13-12-18-61(62)68(6)67(69)63-44(5)20-38-58-57-39-37-54-16-10-11-17-56(54)65(57)70-66(58)63/h7-43H,1-6H3/q+1. The van der Waals surface area contributed by atoms with E-state index in [4.69, 9.17) is 4.42 Å². The van der Waals surface area contributed by atoms with Crippen LogP contribution in [-0.2, 0) is 7.05 Å². The van der Waals surface area contributed by atoms with Gasteiger partial charge >= 0.3 is 0 Å². The molecule has 0 saturated carbocycles. The number of fused-ring (bicyclic) bond motifs is 6. The van der Waals surface area contributed by atoms with Crippen LogP contribution >= 0.6 is 0 Å². The number of aromatic nitrogens is 2. The normalized spacial score (nSPS) is 11.8. The molecule has 3 heteroatoms. The van der Waals surface area contributed by atoms with Gasteiger partial charge in [0.15, 0.2) is 16.6 Å². The van der Waals surface area contributed by atoms with E-state index in [0.717, 1.165) is 38.7 Å². The van der Waals surface area contributed by atoms with Crippen LogP contribution in [0.1, 0.15) is 56.2 Å². The highest BCUT2D eigenvalue weighted by molar-refractivity contribution is 6.17. The van der Waals surface area contributed by atoms with Crippen LogP contribution in [0.4, 0.5) is 0 Å². The fourth-order valence-electron chi connectivity index (χ4n) is 10.8. The summed E-state index contributed by atoms with van der Waals surface area (Å²) < 4.78 is 12.0. The number of nitrogens with zero attached hydrogens (tertiary/aromatic N) is 2. The van der Waals surface area contributed by atoms with E-state index < -0.39 is 0 Å². The molecule has 0 aliphatic rings. The van der Waals surface area contributed by atoms with Crippen LogP contribution in [-0.4, -0.2) is 4.57 Å². The minimum absolute atomic E-state index is 0.252. The highest BCUT2D eigenvalue weighted by Gasteiger charge is 2.34. The van der Waals surface area contributed by atoms with Crippen molar-refractivity contribution >= 4 is 43.7 Å². The maximum Gasteiger partial charge on any atom is 0.299 e. The zero-order valence-electron chi connectivity index (χ0n) is 40.7. The van der Waals surface area contributed by atoms with Crippen LogP contribution in [0.3, 0.4) is 0 Å². The lowest BCUT2D eigenvalue weighted by Gasteiger charge is -2.21. The number of aryl methyl sites for hydroxylation is 2. The zero-order valence-corrected chi connectivity index (χ0v) is 40.7. The molecule has 0 unspecified atom stereocenters. The SMILES string of the molecule is Cc1ccc2c(oc3c4ccccc4ccc23)c1-c1n(-c2c(C(C)C)cc(-c3ccc(-c4ccc(-c5ccc(-c6ccc(-c7ccccc7)cc6)cc5)cc4)cc3)cc2C(C)C)c2ccccc2[n+]1C. The minimum atomic E-state index is 0.252. The summed E-state index contributed by atoms with van der Waals surface area (Å²) in [5.74, 6) is 1.62. The van der Waals surface area contributed by atoms with Gasteiger partial charge in [0.1, 0.15) is 16.8 Å². The Balaban J connectivity index is 0.892. The highest BCUT2D eigenvalue weighted by Crippen LogP contribution is 2.44. The summed E-state index contributed by atoms with van der Waals surface area (Å²) in [5.41, 5.74) is 22.6. The number of hydrogen-bond donors (Lipinski definition) is 0. The van der Waals surface area contributed by atoms with Gasteiger partial charge in [0.25, 0.3) is 5.82 Å². The van der Waals surface area contributed by atoms with Crippen LogP contribution in [0.25, 0.3) is 116 Å². The monoisotopic (exact) mass is 903 g/mol. The first-order valence-electron chi connectivity index (χ1n) is 24.7. The van der Waals surface area contributed by atoms with E-state index >= 15 is 0 Å². The summed E-state index contributed by atoms with van der Waals surface area (Å²) in [6.07, 6.45) is 0. The van der Waals surface area contributed by atoms with Crippen molar-refractivity contribution in [1.29, 1.82) is 0 Å². The van der Waals surface area contributed by atoms with Crippen molar-refractivity contribution < 1.29 is 8.98 Å².